The van der Waals surface area contributed by atoms with Gasteiger partial charge < -0.3 is 0 Å². The van der Waals surface area contributed by atoms with E-state index in [9.17, 15) is 0 Å². The van der Waals surface area contributed by atoms with E-state index in [4.69, 9.17) is 25.5 Å². The van der Waals surface area contributed by atoms with Crippen molar-refractivity contribution in [3.8, 4) is 17.2 Å². The first-order valence-corrected chi connectivity index (χ1v) is 12.2. The Morgan fingerprint density at radius 2 is 0.741 bits per heavy atom. The summed E-state index contributed by atoms with van der Waals surface area (Å²) >= 11 is 7.67. The van der Waals surface area contributed by atoms with Gasteiger partial charge in [-0.25, -0.2) is 0 Å². The maximum absolute atomic E-state index is 7.67. The van der Waals surface area contributed by atoms with Crippen molar-refractivity contribution in [3.63, 3.8) is 0 Å². The van der Waals surface area contributed by atoms with Crippen LogP contribution in [0.25, 0.3) is 0 Å². The summed E-state index contributed by atoms with van der Waals surface area (Å²) in [6.45, 7) is 2.15. The summed E-state index contributed by atoms with van der Waals surface area (Å²) in [5.74, 6) is -0.771. The number of benzene rings is 3. The molecule has 0 radical (unpaired) electrons. The zero-order chi connectivity index (χ0) is 19.5. The number of rotatable bonds is 6. The Labute approximate surface area is 165 Å². The Balaban J connectivity index is 2.25. The van der Waals surface area contributed by atoms with E-state index in [1.165, 1.54) is 0 Å². The van der Waals surface area contributed by atoms with Gasteiger partial charge in [0.15, 0.2) is 0 Å². The molecule has 142 valence electrons. The Bertz CT molecular complexity index is 781. The fraction of sp³-hybridized carbons (Fsp3) is 0.182. The Hall–Kier alpha value is -2.22. The maximum atomic E-state index is 7.67. The molecule has 27 heavy (non-hydrogen) atoms. The van der Waals surface area contributed by atoms with Crippen molar-refractivity contribution in [2.45, 2.75) is 0 Å². The average Bonchev–Trinajstić information content (AvgIpc) is 2.74. The van der Waals surface area contributed by atoms with E-state index in [0.29, 0.717) is 0 Å². The van der Waals surface area contributed by atoms with Gasteiger partial charge in [-0.2, -0.15) is 0 Å². The van der Waals surface area contributed by atoms with Gasteiger partial charge in [0.2, 0.25) is 0 Å². The van der Waals surface area contributed by atoms with Gasteiger partial charge in [-0.15, -0.1) is 0 Å². The van der Waals surface area contributed by atoms with E-state index in [1.807, 2.05) is 36.4 Å². The molecule has 5 heteroatoms. The average molecular weight is 403 g/mol. The van der Waals surface area contributed by atoms with Gasteiger partial charge in [0, 0.05) is 0 Å². The van der Waals surface area contributed by atoms with E-state index < -0.39 is 5.96 Å². The van der Waals surface area contributed by atoms with Crippen LogP contribution in [0.1, 0.15) is 0 Å². The van der Waals surface area contributed by atoms with E-state index in [0.717, 1.165) is 33.2 Å². The van der Waals surface area contributed by atoms with Crippen LogP contribution in [-0.4, -0.2) is 28.0 Å². The number of ether oxygens (including phenoxy) is 3. The molecule has 0 aliphatic carbocycles. The first kappa shape index (κ1) is 19.5. The van der Waals surface area contributed by atoms with Crippen molar-refractivity contribution in [1.82, 2.24) is 0 Å². The molecular formula is C22H24ClO3P. The fourth-order valence-electron chi connectivity index (χ4n) is 3.26. The summed E-state index contributed by atoms with van der Waals surface area (Å²) in [5.41, 5.74) is 0. The molecule has 3 nitrogen and oxygen atoms in total. The van der Waals surface area contributed by atoms with Crippen molar-refractivity contribution < 1.29 is 14.2 Å². The molecule has 0 aromatic heterocycles. The number of halogens is 1. The third-order valence-electron chi connectivity index (χ3n) is 5.06. The second-order valence-corrected chi connectivity index (χ2v) is 13.5. The number of methoxy groups -OCH3 is 3. The van der Waals surface area contributed by atoms with Crippen molar-refractivity contribution in [1.29, 1.82) is 0 Å². The topological polar surface area (TPSA) is 27.7 Å². The summed E-state index contributed by atoms with van der Waals surface area (Å²) in [4.78, 5) is 0. The van der Waals surface area contributed by atoms with Gasteiger partial charge in [0.05, 0.1) is 0 Å². The summed E-state index contributed by atoms with van der Waals surface area (Å²) in [5, 5.41) is 3.21. The van der Waals surface area contributed by atoms with Crippen molar-refractivity contribution >= 4 is 33.1 Å². The Morgan fingerprint density at radius 1 is 0.519 bits per heavy atom. The molecule has 0 atom stereocenters. The van der Waals surface area contributed by atoms with E-state index in [2.05, 4.69) is 43.1 Å². The van der Waals surface area contributed by atoms with Crippen LogP contribution in [-0.2, 0) is 0 Å². The SMILES string of the molecule is COc1ccc(P(C)(Cl)(c2ccc(OC)cc2)c2ccc(OC)cc2)cc1. The van der Waals surface area contributed by atoms with Gasteiger partial charge in [-0.3, -0.25) is 0 Å². The predicted octanol–water partition coefficient (Wildman–Crippen LogP) is 4.33. The van der Waals surface area contributed by atoms with Gasteiger partial charge in [-0.1, -0.05) is 0 Å². The summed E-state index contributed by atoms with van der Waals surface area (Å²) in [7, 11) is 4.98. The molecule has 0 saturated carbocycles. The van der Waals surface area contributed by atoms with Crippen LogP contribution in [0.3, 0.4) is 0 Å². The molecule has 3 rings (SSSR count). The third kappa shape index (κ3) is 3.38. The standard InChI is InChI=1S/C22H24ClO3P/c1-24-17-5-11-20(12-6-17)27(4,23,21-13-7-18(25-2)8-14-21)22-15-9-19(26-3)10-16-22/h5-16H,1-4H3. The monoisotopic (exact) mass is 402 g/mol. The molecule has 0 spiro atoms. The molecule has 0 N–H and O–H groups in total. The third-order valence-corrected chi connectivity index (χ3v) is 11.4. The second kappa shape index (κ2) is 7.42. The van der Waals surface area contributed by atoms with Crippen LogP contribution >= 0.6 is 17.2 Å². The summed E-state index contributed by atoms with van der Waals surface area (Å²) in [6, 6.07) is 24.0. The van der Waals surface area contributed by atoms with Crippen LogP contribution in [0.4, 0.5) is 0 Å². The fourth-order valence-corrected chi connectivity index (χ4v) is 7.74. The van der Waals surface area contributed by atoms with E-state index in [1.54, 1.807) is 21.3 Å². The zero-order valence-electron chi connectivity index (χ0n) is 16.0. The van der Waals surface area contributed by atoms with Crippen LogP contribution in [0, 0.1) is 0 Å². The Morgan fingerprint density at radius 3 is 0.926 bits per heavy atom. The molecule has 3 aromatic rings. The molecule has 0 amide bonds. The number of hydrogen-bond acceptors (Lipinski definition) is 3. The van der Waals surface area contributed by atoms with E-state index >= 15 is 0 Å². The van der Waals surface area contributed by atoms with Crippen molar-refractivity contribution in [3.05, 3.63) is 72.8 Å². The van der Waals surface area contributed by atoms with Gasteiger partial charge in [0.1, 0.15) is 0 Å². The normalized spacial score (nSPS) is 12.7. The summed E-state index contributed by atoms with van der Waals surface area (Å²) in [6.07, 6.45) is 0. The zero-order valence-corrected chi connectivity index (χ0v) is 17.6. The molecule has 0 saturated heterocycles. The molecule has 0 bridgehead atoms. The van der Waals surface area contributed by atoms with Crippen LogP contribution in [0.5, 0.6) is 17.2 Å². The van der Waals surface area contributed by atoms with Crippen LogP contribution in [0.2, 0.25) is 0 Å². The van der Waals surface area contributed by atoms with Gasteiger partial charge in [-0.05, 0) is 0 Å². The molecular weight excluding hydrogens is 379 g/mol. The molecule has 0 aliphatic heterocycles. The Kier molecular flexibility index (Phi) is 5.37. The first-order valence-electron chi connectivity index (χ1n) is 8.59. The molecule has 0 heterocycles. The van der Waals surface area contributed by atoms with Crippen molar-refractivity contribution in [2.24, 2.45) is 0 Å². The minimum absolute atomic E-state index is 0.804. The second-order valence-electron chi connectivity index (χ2n) is 6.52. The van der Waals surface area contributed by atoms with Crippen LogP contribution < -0.4 is 30.1 Å². The van der Waals surface area contributed by atoms with Crippen LogP contribution in [0.15, 0.2) is 72.8 Å². The van der Waals surface area contributed by atoms with Gasteiger partial charge >= 0.3 is 165 Å². The predicted molar refractivity (Wildman–Crippen MR) is 117 cm³/mol. The minimum atomic E-state index is -3.18. The molecule has 0 unspecified atom stereocenters. The van der Waals surface area contributed by atoms with Gasteiger partial charge in [0.25, 0.3) is 0 Å². The molecule has 3 aromatic carbocycles. The molecule has 0 fully saturated rings. The van der Waals surface area contributed by atoms with E-state index in [-0.39, 0.29) is 0 Å². The molecule has 0 aliphatic rings. The first-order chi connectivity index (χ1) is 12.9. The van der Waals surface area contributed by atoms with Crippen molar-refractivity contribution in [2.75, 3.05) is 28.0 Å². The quantitative estimate of drug-likeness (QED) is 0.574. The number of hydrogen-bond donors (Lipinski definition) is 0. The summed E-state index contributed by atoms with van der Waals surface area (Å²) < 4.78 is 16.0.